The van der Waals surface area contributed by atoms with Crippen molar-refractivity contribution in [3.05, 3.63) is 52.0 Å². The zero-order valence-corrected chi connectivity index (χ0v) is 11.7. The molecule has 100 valence electrons. The third kappa shape index (κ3) is 3.06. The van der Waals surface area contributed by atoms with E-state index in [0.717, 1.165) is 0 Å². The minimum atomic E-state index is -0.322. The van der Waals surface area contributed by atoms with Gasteiger partial charge in [-0.1, -0.05) is 29.3 Å². The second-order valence-electron chi connectivity index (χ2n) is 4.20. The van der Waals surface area contributed by atoms with Crippen molar-refractivity contribution in [3.63, 3.8) is 0 Å². The molecule has 2 aromatic carbocycles. The Morgan fingerprint density at radius 2 is 1.68 bits per heavy atom. The van der Waals surface area contributed by atoms with Crippen LogP contribution in [0.3, 0.4) is 0 Å². The predicted octanol–water partition coefficient (Wildman–Crippen LogP) is 4.58. The second kappa shape index (κ2) is 5.59. The maximum absolute atomic E-state index is 9.80. The highest BCUT2D eigenvalue weighted by molar-refractivity contribution is 6.35. The Bertz CT molecular complexity index is 582. The van der Waals surface area contributed by atoms with E-state index >= 15 is 0 Å². The molecule has 19 heavy (non-hydrogen) atoms. The number of hydrogen-bond acceptors (Lipinski definition) is 3. The van der Waals surface area contributed by atoms with Crippen LogP contribution in [0.4, 0.5) is 5.69 Å². The molecule has 0 aliphatic carbocycles. The van der Waals surface area contributed by atoms with Crippen molar-refractivity contribution in [2.45, 2.75) is 13.0 Å². The SMILES string of the molecule is CC(Nc1cc(Cl)ccc1Cl)c1c(O)cccc1O. The number of anilines is 1. The van der Waals surface area contributed by atoms with Gasteiger partial charge in [-0.2, -0.15) is 0 Å². The number of rotatable bonds is 3. The van der Waals surface area contributed by atoms with Gasteiger partial charge in [0.15, 0.2) is 0 Å². The molecule has 0 spiro atoms. The Kier molecular flexibility index (Phi) is 4.08. The average molecular weight is 298 g/mol. The van der Waals surface area contributed by atoms with Crippen LogP contribution < -0.4 is 5.32 Å². The lowest BCUT2D eigenvalue weighted by molar-refractivity contribution is 0.434. The van der Waals surface area contributed by atoms with E-state index in [-0.39, 0.29) is 17.5 Å². The van der Waals surface area contributed by atoms with Crippen LogP contribution in [0.2, 0.25) is 10.0 Å². The van der Waals surface area contributed by atoms with Crippen molar-refractivity contribution in [2.75, 3.05) is 5.32 Å². The zero-order chi connectivity index (χ0) is 14.0. The lowest BCUT2D eigenvalue weighted by atomic mass is 10.1. The summed E-state index contributed by atoms with van der Waals surface area (Å²) in [5.74, 6) is 0.0521. The van der Waals surface area contributed by atoms with Crippen molar-refractivity contribution in [3.8, 4) is 11.5 Å². The third-order valence-corrected chi connectivity index (χ3v) is 3.36. The first kappa shape index (κ1) is 13.8. The molecular formula is C14H13Cl2NO2. The standard InChI is InChI=1S/C14H13Cl2NO2/c1-8(14-12(18)3-2-4-13(14)19)17-11-7-9(15)5-6-10(11)16/h2-8,17-19H,1H3. The van der Waals surface area contributed by atoms with Gasteiger partial charge in [-0.15, -0.1) is 0 Å². The molecule has 0 aromatic heterocycles. The first-order valence-corrected chi connectivity index (χ1v) is 6.47. The number of phenols is 2. The predicted molar refractivity (Wildman–Crippen MR) is 78.3 cm³/mol. The van der Waals surface area contributed by atoms with Gasteiger partial charge in [-0.3, -0.25) is 0 Å². The minimum absolute atomic E-state index is 0.0261. The fraction of sp³-hybridized carbons (Fsp3) is 0.143. The largest absolute Gasteiger partial charge is 0.507 e. The van der Waals surface area contributed by atoms with Gasteiger partial charge in [-0.25, -0.2) is 0 Å². The van der Waals surface area contributed by atoms with Gasteiger partial charge in [0.05, 0.1) is 22.3 Å². The molecule has 0 heterocycles. The number of hydrogen-bond donors (Lipinski definition) is 3. The maximum Gasteiger partial charge on any atom is 0.124 e. The molecule has 0 saturated carbocycles. The van der Waals surface area contributed by atoms with E-state index < -0.39 is 0 Å². The lowest BCUT2D eigenvalue weighted by Crippen LogP contribution is -2.07. The summed E-state index contributed by atoms with van der Waals surface area (Å²) in [4.78, 5) is 0. The van der Waals surface area contributed by atoms with Crippen LogP contribution in [-0.2, 0) is 0 Å². The van der Waals surface area contributed by atoms with Crippen molar-refractivity contribution in [1.29, 1.82) is 0 Å². The Labute approximate surface area is 121 Å². The minimum Gasteiger partial charge on any atom is -0.507 e. The summed E-state index contributed by atoms with van der Waals surface area (Å²) in [6, 6.07) is 9.36. The van der Waals surface area contributed by atoms with Crippen LogP contribution >= 0.6 is 23.2 Å². The summed E-state index contributed by atoms with van der Waals surface area (Å²) < 4.78 is 0. The Morgan fingerprint density at radius 3 is 2.32 bits per heavy atom. The summed E-state index contributed by atoms with van der Waals surface area (Å²) in [5.41, 5.74) is 1.06. The fourth-order valence-electron chi connectivity index (χ4n) is 1.90. The molecule has 3 N–H and O–H groups in total. The monoisotopic (exact) mass is 297 g/mol. The average Bonchev–Trinajstić information content (AvgIpc) is 2.33. The number of phenolic OH excluding ortho intramolecular Hbond substituents is 2. The highest BCUT2D eigenvalue weighted by atomic mass is 35.5. The van der Waals surface area contributed by atoms with Gasteiger partial charge in [0.2, 0.25) is 0 Å². The van der Waals surface area contributed by atoms with Crippen molar-refractivity contribution >= 4 is 28.9 Å². The summed E-state index contributed by atoms with van der Waals surface area (Å²) in [6.07, 6.45) is 0. The molecule has 1 unspecified atom stereocenters. The van der Waals surface area contributed by atoms with E-state index in [1.165, 1.54) is 12.1 Å². The Balaban J connectivity index is 2.31. The summed E-state index contributed by atoms with van der Waals surface area (Å²) in [7, 11) is 0. The third-order valence-electron chi connectivity index (χ3n) is 2.79. The van der Waals surface area contributed by atoms with Gasteiger partial charge in [0.1, 0.15) is 11.5 Å². The molecule has 0 aliphatic heterocycles. The Morgan fingerprint density at radius 1 is 1.05 bits per heavy atom. The van der Waals surface area contributed by atoms with E-state index in [1.807, 2.05) is 6.92 Å². The number of nitrogens with one attached hydrogen (secondary N) is 1. The molecule has 0 aliphatic rings. The molecule has 1 atom stereocenters. The molecule has 2 rings (SSSR count). The molecule has 3 nitrogen and oxygen atoms in total. The Hall–Kier alpha value is -1.58. The van der Waals surface area contributed by atoms with E-state index in [2.05, 4.69) is 5.32 Å². The molecule has 2 aromatic rings. The number of aromatic hydroxyl groups is 2. The van der Waals surface area contributed by atoms with Crippen molar-refractivity contribution in [1.82, 2.24) is 0 Å². The van der Waals surface area contributed by atoms with Gasteiger partial charge < -0.3 is 15.5 Å². The number of benzene rings is 2. The quantitative estimate of drug-likeness (QED) is 0.777. The van der Waals surface area contributed by atoms with E-state index in [9.17, 15) is 10.2 Å². The van der Waals surface area contributed by atoms with Crippen LogP contribution in [0.15, 0.2) is 36.4 Å². The highest BCUT2D eigenvalue weighted by Gasteiger charge is 2.15. The van der Waals surface area contributed by atoms with E-state index in [4.69, 9.17) is 23.2 Å². The first-order chi connectivity index (χ1) is 8.99. The van der Waals surface area contributed by atoms with Crippen molar-refractivity contribution < 1.29 is 10.2 Å². The maximum atomic E-state index is 9.80. The topological polar surface area (TPSA) is 52.5 Å². The zero-order valence-electron chi connectivity index (χ0n) is 10.2. The summed E-state index contributed by atoms with van der Waals surface area (Å²) in [5, 5.41) is 23.8. The van der Waals surface area contributed by atoms with Gasteiger partial charge in [-0.05, 0) is 37.3 Å². The van der Waals surface area contributed by atoms with Crippen LogP contribution in [0.25, 0.3) is 0 Å². The molecule has 0 amide bonds. The second-order valence-corrected chi connectivity index (χ2v) is 5.04. The molecule has 0 bridgehead atoms. The fourth-order valence-corrected chi connectivity index (χ4v) is 2.24. The normalized spacial score (nSPS) is 12.2. The van der Waals surface area contributed by atoms with Crippen LogP contribution in [0, 0.1) is 0 Å². The molecular weight excluding hydrogens is 285 g/mol. The van der Waals surface area contributed by atoms with E-state index in [0.29, 0.717) is 21.3 Å². The summed E-state index contributed by atoms with van der Waals surface area (Å²) in [6.45, 7) is 1.81. The van der Waals surface area contributed by atoms with Crippen LogP contribution in [-0.4, -0.2) is 10.2 Å². The smallest absolute Gasteiger partial charge is 0.124 e. The van der Waals surface area contributed by atoms with Gasteiger partial charge >= 0.3 is 0 Å². The molecule has 5 heteroatoms. The first-order valence-electron chi connectivity index (χ1n) is 5.71. The summed E-state index contributed by atoms with van der Waals surface area (Å²) >= 11 is 12.0. The van der Waals surface area contributed by atoms with E-state index in [1.54, 1.807) is 24.3 Å². The van der Waals surface area contributed by atoms with Crippen LogP contribution in [0.1, 0.15) is 18.5 Å². The van der Waals surface area contributed by atoms with Gasteiger partial charge in [0, 0.05) is 5.02 Å². The molecule has 0 radical (unpaired) electrons. The number of halogens is 2. The molecule has 0 saturated heterocycles. The van der Waals surface area contributed by atoms with Crippen molar-refractivity contribution in [2.24, 2.45) is 0 Å². The molecule has 0 fully saturated rings. The van der Waals surface area contributed by atoms with Crippen LogP contribution in [0.5, 0.6) is 11.5 Å². The van der Waals surface area contributed by atoms with Gasteiger partial charge in [0.25, 0.3) is 0 Å². The lowest BCUT2D eigenvalue weighted by Gasteiger charge is -2.19. The highest BCUT2D eigenvalue weighted by Crippen LogP contribution is 2.36.